The molecule has 0 saturated heterocycles. The smallest absolute Gasteiger partial charge is 0.166 e. The van der Waals surface area contributed by atoms with E-state index in [0.717, 1.165) is 45.7 Å². The van der Waals surface area contributed by atoms with Crippen LogP contribution in [0.4, 0.5) is 17.1 Å². The third-order valence-corrected chi connectivity index (χ3v) is 9.86. The molecule has 9 rings (SSSR count). The molecule has 1 heterocycles. The lowest BCUT2D eigenvalue weighted by Gasteiger charge is -2.27. The average Bonchev–Trinajstić information content (AvgIpc) is 3.25. The van der Waals surface area contributed by atoms with Crippen LogP contribution < -0.4 is 4.90 Å². The SMILES string of the molecule is C1=CC(c2ccc3ccccc3c2)CC=C1c1nc(-c2ccc(-c3ccccc3)cc2)nc(-c2ccccc2N(c2ccccc2)c2ccccc2)n1. The number of hydrogen-bond acceptors (Lipinski definition) is 4. The van der Waals surface area contributed by atoms with Gasteiger partial charge in [0.15, 0.2) is 17.5 Å². The molecule has 0 bridgehead atoms. The molecule has 8 aromatic rings. The van der Waals surface area contributed by atoms with Crippen molar-refractivity contribution in [2.75, 3.05) is 4.90 Å². The summed E-state index contributed by atoms with van der Waals surface area (Å²) < 4.78 is 0. The van der Waals surface area contributed by atoms with Gasteiger partial charge >= 0.3 is 0 Å². The van der Waals surface area contributed by atoms with E-state index in [0.29, 0.717) is 17.5 Å². The summed E-state index contributed by atoms with van der Waals surface area (Å²) in [5, 5.41) is 2.52. The van der Waals surface area contributed by atoms with Crippen molar-refractivity contribution in [3.63, 3.8) is 0 Å². The third-order valence-electron chi connectivity index (χ3n) is 9.86. The summed E-state index contributed by atoms with van der Waals surface area (Å²) in [6.45, 7) is 0. The van der Waals surface area contributed by atoms with Gasteiger partial charge in [0, 0.05) is 34.0 Å². The van der Waals surface area contributed by atoms with Gasteiger partial charge in [-0.15, -0.1) is 0 Å². The highest BCUT2D eigenvalue weighted by Crippen LogP contribution is 2.40. The molecule has 0 amide bonds. The lowest BCUT2D eigenvalue weighted by atomic mass is 9.89. The van der Waals surface area contributed by atoms with Crippen molar-refractivity contribution < 1.29 is 0 Å². The van der Waals surface area contributed by atoms with E-state index in [1.807, 2.05) is 18.2 Å². The van der Waals surface area contributed by atoms with Crippen LogP contribution in [-0.2, 0) is 0 Å². The molecular weight excluding hydrogens is 645 g/mol. The van der Waals surface area contributed by atoms with E-state index in [-0.39, 0.29) is 5.92 Å². The Balaban J connectivity index is 1.14. The van der Waals surface area contributed by atoms with E-state index in [4.69, 9.17) is 15.0 Å². The molecule has 7 aromatic carbocycles. The molecule has 4 heteroatoms. The molecular formula is C49H36N4. The standard InChI is InChI=1S/C49H36N4/c1-4-14-35(15-5-1)37-24-29-39(30-25-37)47-50-48(40-31-26-38(27-32-40)42-33-28-36-16-10-11-17-41(36)34-42)52-49(51-47)45-22-12-13-23-46(45)53(43-18-6-2-7-19-43)44-20-8-3-9-21-44/h1-26,28-34,38H,27H2. The maximum atomic E-state index is 5.22. The van der Waals surface area contributed by atoms with E-state index in [1.165, 1.54) is 21.9 Å². The van der Waals surface area contributed by atoms with E-state index >= 15 is 0 Å². The van der Waals surface area contributed by atoms with E-state index in [9.17, 15) is 0 Å². The highest BCUT2D eigenvalue weighted by Gasteiger charge is 2.21. The zero-order valence-electron chi connectivity index (χ0n) is 29.1. The quantitative estimate of drug-likeness (QED) is 0.160. The fraction of sp³-hybridized carbons (Fsp3) is 0.0408. The van der Waals surface area contributed by atoms with Gasteiger partial charge in [0.05, 0.1) is 5.69 Å². The van der Waals surface area contributed by atoms with Gasteiger partial charge in [0.1, 0.15) is 0 Å². The van der Waals surface area contributed by atoms with Crippen LogP contribution in [0.5, 0.6) is 0 Å². The van der Waals surface area contributed by atoms with E-state index in [1.54, 1.807) is 0 Å². The summed E-state index contributed by atoms with van der Waals surface area (Å²) in [5.41, 5.74) is 9.56. The molecule has 1 aromatic heterocycles. The number of benzene rings is 7. The van der Waals surface area contributed by atoms with Crippen molar-refractivity contribution in [1.29, 1.82) is 0 Å². The highest BCUT2D eigenvalue weighted by molar-refractivity contribution is 5.87. The number of rotatable bonds is 8. The first-order chi connectivity index (χ1) is 26.3. The highest BCUT2D eigenvalue weighted by atomic mass is 15.2. The van der Waals surface area contributed by atoms with Gasteiger partial charge in [0.25, 0.3) is 0 Å². The lowest BCUT2D eigenvalue weighted by Crippen LogP contribution is -2.12. The van der Waals surface area contributed by atoms with Crippen LogP contribution in [0, 0.1) is 0 Å². The molecule has 252 valence electrons. The molecule has 0 fully saturated rings. The van der Waals surface area contributed by atoms with Crippen molar-refractivity contribution in [2.24, 2.45) is 0 Å². The summed E-state index contributed by atoms with van der Waals surface area (Å²) in [6.07, 6.45) is 7.60. The molecule has 0 radical (unpaired) electrons. The van der Waals surface area contributed by atoms with Crippen LogP contribution in [-0.4, -0.2) is 15.0 Å². The van der Waals surface area contributed by atoms with Gasteiger partial charge in [0.2, 0.25) is 0 Å². The van der Waals surface area contributed by atoms with Crippen LogP contribution in [0.15, 0.2) is 200 Å². The van der Waals surface area contributed by atoms with Crippen molar-refractivity contribution >= 4 is 33.4 Å². The molecule has 0 saturated carbocycles. The Labute approximate surface area is 310 Å². The maximum absolute atomic E-state index is 5.22. The number of hydrogen-bond donors (Lipinski definition) is 0. The summed E-state index contributed by atoms with van der Waals surface area (Å²) in [5.74, 6) is 2.19. The van der Waals surface area contributed by atoms with Gasteiger partial charge in [-0.05, 0) is 70.3 Å². The minimum Gasteiger partial charge on any atom is -0.310 e. The molecule has 53 heavy (non-hydrogen) atoms. The van der Waals surface area contributed by atoms with Crippen LogP contribution in [0.25, 0.3) is 50.2 Å². The van der Waals surface area contributed by atoms with Gasteiger partial charge in [-0.25, -0.2) is 15.0 Å². The molecule has 1 aliphatic carbocycles. The van der Waals surface area contributed by atoms with Gasteiger partial charge in [-0.1, -0.05) is 164 Å². The lowest BCUT2D eigenvalue weighted by molar-refractivity contribution is 0.855. The normalized spacial score (nSPS) is 13.8. The fourth-order valence-corrected chi connectivity index (χ4v) is 7.11. The molecule has 4 nitrogen and oxygen atoms in total. The van der Waals surface area contributed by atoms with Crippen molar-refractivity contribution in [3.8, 4) is 33.9 Å². The molecule has 0 N–H and O–H groups in total. The molecule has 1 aliphatic rings. The number of para-hydroxylation sites is 3. The molecule has 1 atom stereocenters. The molecule has 0 spiro atoms. The first kappa shape index (κ1) is 32.0. The summed E-state index contributed by atoms with van der Waals surface area (Å²) in [4.78, 5) is 17.8. The average molecular weight is 681 g/mol. The van der Waals surface area contributed by atoms with Gasteiger partial charge in [-0.3, -0.25) is 0 Å². The monoisotopic (exact) mass is 680 g/mol. The first-order valence-corrected chi connectivity index (χ1v) is 18.1. The number of allylic oxidation sites excluding steroid dienone is 4. The zero-order chi connectivity index (χ0) is 35.4. The van der Waals surface area contributed by atoms with Crippen molar-refractivity contribution in [3.05, 3.63) is 212 Å². The summed E-state index contributed by atoms with van der Waals surface area (Å²) in [6, 6.07) is 63.5. The zero-order valence-corrected chi connectivity index (χ0v) is 29.1. The fourth-order valence-electron chi connectivity index (χ4n) is 7.11. The second-order valence-corrected chi connectivity index (χ2v) is 13.2. The van der Waals surface area contributed by atoms with E-state index < -0.39 is 0 Å². The van der Waals surface area contributed by atoms with E-state index in [2.05, 4.69) is 187 Å². The van der Waals surface area contributed by atoms with Gasteiger partial charge in [-0.2, -0.15) is 0 Å². The maximum Gasteiger partial charge on any atom is 0.166 e. The Kier molecular flexibility index (Phi) is 8.69. The Morgan fingerprint density at radius 1 is 0.453 bits per heavy atom. The van der Waals surface area contributed by atoms with Crippen molar-refractivity contribution in [2.45, 2.75) is 12.3 Å². The summed E-state index contributed by atoms with van der Waals surface area (Å²) in [7, 11) is 0. The Morgan fingerprint density at radius 2 is 1.02 bits per heavy atom. The second kappa shape index (κ2) is 14.4. The van der Waals surface area contributed by atoms with Crippen LogP contribution in [0.2, 0.25) is 0 Å². The van der Waals surface area contributed by atoms with Crippen LogP contribution >= 0.6 is 0 Å². The van der Waals surface area contributed by atoms with Crippen LogP contribution in [0.3, 0.4) is 0 Å². The number of nitrogens with zero attached hydrogens (tertiary/aromatic N) is 4. The number of fused-ring (bicyclic) bond motifs is 1. The number of aromatic nitrogens is 3. The third kappa shape index (κ3) is 6.66. The van der Waals surface area contributed by atoms with Gasteiger partial charge < -0.3 is 4.90 Å². The second-order valence-electron chi connectivity index (χ2n) is 13.2. The van der Waals surface area contributed by atoms with Crippen LogP contribution in [0.1, 0.15) is 23.7 Å². The minimum absolute atomic E-state index is 0.278. The Morgan fingerprint density at radius 3 is 1.72 bits per heavy atom. The molecule has 0 aliphatic heterocycles. The predicted molar refractivity (Wildman–Crippen MR) is 219 cm³/mol. The first-order valence-electron chi connectivity index (χ1n) is 18.1. The van der Waals surface area contributed by atoms with Crippen molar-refractivity contribution in [1.82, 2.24) is 15.0 Å². The largest absolute Gasteiger partial charge is 0.310 e. The topological polar surface area (TPSA) is 41.9 Å². The molecule has 1 unspecified atom stereocenters. The Bertz CT molecular complexity index is 2540. The number of anilines is 3. The Hall–Kier alpha value is -6.91. The predicted octanol–water partition coefficient (Wildman–Crippen LogP) is 12.6. The minimum atomic E-state index is 0.278. The summed E-state index contributed by atoms with van der Waals surface area (Å²) >= 11 is 0.